The smallest absolute Gasteiger partial charge is 0.150 e. The van der Waals surface area contributed by atoms with Crippen LogP contribution in [0.15, 0.2) is 36.4 Å². The standard InChI is InChI=1S/C12H14O/c1-2-3-7-12(10-13)11-8-5-4-6-9-11/h4-10H,2-3H2,1H3/b12-7+. The van der Waals surface area contributed by atoms with Gasteiger partial charge in [0.25, 0.3) is 0 Å². The minimum atomic E-state index is 0.794. The molecule has 0 fully saturated rings. The average molecular weight is 174 g/mol. The quantitative estimate of drug-likeness (QED) is 0.506. The average Bonchev–Trinajstić information content (AvgIpc) is 2.21. The Bertz CT molecular complexity index is 285. The first-order valence-corrected chi connectivity index (χ1v) is 4.59. The lowest BCUT2D eigenvalue weighted by atomic mass is 10.1. The maximum absolute atomic E-state index is 10.7. The van der Waals surface area contributed by atoms with Gasteiger partial charge in [-0.15, -0.1) is 0 Å². The van der Waals surface area contributed by atoms with Crippen molar-refractivity contribution in [3.8, 4) is 0 Å². The molecule has 0 bridgehead atoms. The van der Waals surface area contributed by atoms with Gasteiger partial charge in [-0.25, -0.2) is 0 Å². The molecule has 0 saturated carbocycles. The molecular formula is C12H14O. The fourth-order valence-corrected chi connectivity index (χ4v) is 1.16. The van der Waals surface area contributed by atoms with Crippen molar-refractivity contribution >= 4 is 11.9 Å². The fourth-order valence-electron chi connectivity index (χ4n) is 1.16. The summed E-state index contributed by atoms with van der Waals surface area (Å²) in [5, 5.41) is 0. The molecule has 0 radical (unpaired) electrons. The van der Waals surface area contributed by atoms with Crippen LogP contribution in [0.4, 0.5) is 0 Å². The van der Waals surface area contributed by atoms with E-state index < -0.39 is 0 Å². The number of rotatable bonds is 4. The van der Waals surface area contributed by atoms with E-state index in [9.17, 15) is 4.79 Å². The number of hydrogen-bond donors (Lipinski definition) is 0. The van der Waals surface area contributed by atoms with Crippen LogP contribution in [0.2, 0.25) is 0 Å². The maximum atomic E-state index is 10.7. The summed E-state index contributed by atoms with van der Waals surface area (Å²) in [5.41, 5.74) is 1.80. The van der Waals surface area contributed by atoms with E-state index in [1.807, 2.05) is 36.4 Å². The third kappa shape index (κ3) is 2.86. The zero-order valence-corrected chi connectivity index (χ0v) is 7.86. The van der Waals surface area contributed by atoms with Crippen LogP contribution in [0.5, 0.6) is 0 Å². The van der Waals surface area contributed by atoms with Crippen LogP contribution in [-0.4, -0.2) is 6.29 Å². The predicted molar refractivity (Wildman–Crippen MR) is 55.4 cm³/mol. The van der Waals surface area contributed by atoms with Crippen molar-refractivity contribution in [2.75, 3.05) is 0 Å². The van der Waals surface area contributed by atoms with Crippen LogP contribution in [0.3, 0.4) is 0 Å². The van der Waals surface area contributed by atoms with Crippen molar-refractivity contribution in [3.63, 3.8) is 0 Å². The molecule has 0 aromatic heterocycles. The molecule has 0 saturated heterocycles. The normalized spacial score (nSPS) is 11.3. The van der Waals surface area contributed by atoms with Gasteiger partial charge in [-0.1, -0.05) is 49.8 Å². The molecule has 0 aliphatic rings. The van der Waals surface area contributed by atoms with E-state index in [0.717, 1.165) is 30.3 Å². The number of aldehydes is 1. The Morgan fingerprint density at radius 2 is 2.00 bits per heavy atom. The second kappa shape index (κ2) is 5.31. The lowest BCUT2D eigenvalue weighted by Gasteiger charge is -1.98. The van der Waals surface area contributed by atoms with Crippen LogP contribution in [0, 0.1) is 0 Å². The first-order valence-electron chi connectivity index (χ1n) is 4.59. The summed E-state index contributed by atoms with van der Waals surface area (Å²) in [6.07, 6.45) is 4.94. The molecule has 1 heteroatoms. The van der Waals surface area contributed by atoms with E-state index in [4.69, 9.17) is 0 Å². The Kier molecular flexibility index (Phi) is 3.97. The third-order valence-electron chi connectivity index (χ3n) is 1.89. The van der Waals surface area contributed by atoms with Gasteiger partial charge in [0, 0.05) is 5.57 Å². The molecule has 1 rings (SSSR count). The Morgan fingerprint density at radius 1 is 1.31 bits per heavy atom. The molecule has 0 unspecified atom stereocenters. The summed E-state index contributed by atoms with van der Waals surface area (Å²) >= 11 is 0. The van der Waals surface area contributed by atoms with Crippen molar-refractivity contribution in [3.05, 3.63) is 42.0 Å². The Morgan fingerprint density at radius 3 is 2.54 bits per heavy atom. The van der Waals surface area contributed by atoms with E-state index in [-0.39, 0.29) is 0 Å². The number of allylic oxidation sites excluding steroid dienone is 2. The topological polar surface area (TPSA) is 17.1 Å². The van der Waals surface area contributed by atoms with Gasteiger partial charge in [-0.2, -0.15) is 0 Å². The molecule has 0 spiro atoms. The fraction of sp³-hybridized carbons (Fsp3) is 0.250. The Labute approximate surface area is 79.1 Å². The molecule has 1 aromatic rings. The lowest BCUT2D eigenvalue weighted by molar-refractivity contribution is -0.103. The molecule has 13 heavy (non-hydrogen) atoms. The van der Waals surface area contributed by atoms with Crippen molar-refractivity contribution < 1.29 is 4.79 Å². The highest BCUT2D eigenvalue weighted by Crippen LogP contribution is 2.12. The molecule has 68 valence electrons. The minimum absolute atomic E-state index is 0.794. The third-order valence-corrected chi connectivity index (χ3v) is 1.89. The highest BCUT2D eigenvalue weighted by molar-refractivity contribution is 6.06. The van der Waals surface area contributed by atoms with E-state index in [1.54, 1.807) is 0 Å². The molecule has 0 N–H and O–H groups in total. The van der Waals surface area contributed by atoms with Gasteiger partial charge < -0.3 is 0 Å². The SMILES string of the molecule is CCC/C=C(\C=O)c1ccccc1. The number of hydrogen-bond acceptors (Lipinski definition) is 1. The Balaban J connectivity index is 2.84. The predicted octanol–water partition coefficient (Wildman–Crippen LogP) is 3.07. The number of carbonyl (C=O) groups is 1. The zero-order valence-electron chi connectivity index (χ0n) is 7.86. The first-order chi connectivity index (χ1) is 6.38. The first kappa shape index (κ1) is 9.72. The summed E-state index contributed by atoms with van der Waals surface area (Å²) in [6.45, 7) is 2.10. The van der Waals surface area contributed by atoms with Crippen LogP contribution in [0.1, 0.15) is 25.3 Å². The van der Waals surface area contributed by atoms with Crippen molar-refractivity contribution in [2.24, 2.45) is 0 Å². The largest absolute Gasteiger partial charge is 0.298 e. The highest BCUT2D eigenvalue weighted by Gasteiger charge is 1.96. The van der Waals surface area contributed by atoms with Crippen LogP contribution in [0.25, 0.3) is 5.57 Å². The molecule has 0 heterocycles. The van der Waals surface area contributed by atoms with Crippen molar-refractivity contribution in [2.45, 2.75) is 19.8 Å². The van der Waals surface area contributed by atoms with Crippen LogP contribution < -0.4 is 0 Å². The second-order valence-corrected chi connectivity index (χ2v) is 2.93. The van der Waals surface area contributed by atoms with E-state index >= 15 is 0 Å². The number of unbranched alkanes of at least 4 members (excludes halogenated alkanes) is 1. The summed E-state index contributed by atoms with van der Waals surface area (Å²) in [4.78, 5) is 10.7. The Hall–Kier alpha value is -1.37. The maximum Gasteiger partial charge on any atom is 0.150 e. The van der Waals surface area contributed by atoms with Gasteiger partial charge in [0.2, 0.25) is 0 Å². The van der Waals surface area contributed by atoms with Crippen molar-refractivity contribution in [1.82, 2.24) is 0 Å². The van der Waals surface area contributed by atoms with E-state index in [2.05, 4.69) is 6.92 Å². The molecule has 0 aliphatic carbocycles. The van der Waals surface area contributed by atoms with Crippen molar-refractivity contribution in [1.29, 1.82) is 0 Å². The molecule has 1 nitrogen and oxygen atoms in total. The van der Waals surface area contributed by atoms with Gasteiger partial charge in [-0.05, 0) is 12.0 Å². The molecule has 1 aromatic carbocycles. The van der Waals surface area contributed by atoms with Gasteiger partial charge in [-0.3, -0.25) is 4.79 Å². The monoisotopic (exact) mass is 174 g/mol. The van der Waals surface area contributed by atoms with Gasteiger partial charge in [0.05, 0.1) is 0 Å². The second-order valence-electron chi connectivity index (χ2n) is 2.93. The van der Waals surface area contributed by atoms with Crippen LogP contribution in [-0.2, 0) is 4.79 Å². The number of benzene rings is 1. The van der Waals surface area contributed by atoms with Gasteiger partial charge in [0.1, 0.15) is 6.29 Å². The molecule has 0 atom stereocenters. The van der Waals surface area contributed by atoms with Crippen LogP contribution >= 0.6 is 0 Å². The molecule has 0 aliphatic heterocycles. The molecular weight excluding hydrogens is 160 g/mol. The van der Waals surface area contributed by atoms with Gasteiger partial charge >= 0.3 is 0 Å². The van der Waals surface area contributed by atoms with E-state index in [1.165, 1.54) is 0 Å². The van der Waals surface area contributed by atoms with Gasteiger partial charge in [0.15, 0.2) is 0 Å². The highest BCUT2D eigenvalue weighted by atomic mass is 16.1. The summed E-state index contributed by atoms with van der Waals surface area (Å²) < 4.78 is 0. The zero-order chi connectivity index (χ0) is 9.52. The number of carbonyl (C=O) groups excluding carboxylic acids is 1. The summed E-state index contributed by atoms with van der Waals surface area (Å²) in [6, 6.07) is 9.74. The summed E-state index contributed by atoms with van der Waals surface area (Å²) in [5.74, 6) is 0. The minimum Gasteiger partial charge on any atom is -0.298 e. The lowest BCUT2D eigenvalue weighted by Crippen LogP contribution is -1.84. The molecule has 0 amide bonds. The summed E-state index contributed by atoms with van der Waals surface area (Å²) in [7, 11) is 0. The van der Waals surface area contributed by atoms with E-state index in [0.29, 0.717) is 0 Å².